The van der Waals surface area contributed by atoms with Gasteiger partial charge in [-0.25, -0.2) is 0 Å². The Morgan fingerprint density at radius 1 is 1.50 bits per heavy atom. The van der Waals surface area contributed by atoms with Crippen molar-refractivity contribution in [1.82, 2.24) is 4.90 Å². The Labute approximate surface area is 104 Å². The number of carbonyl (C=O) groups excluding carboxylic acids is 1. The number of amides is 1. The van der Waals surface area contributed by atoms with Crippen molar-refractivity contribution in [2.45, 2.75) is 31.0 Å². The molecule has 0 radical (unpaired) electrons. The summed E-state index contributed by atoms with van der Waals surface area (Å²) in [4.78, 5) is 12.5. The number of hydrogen-bond donors (Lipinski definition) is 4. The van der Waals surface area contributed by atoms with Crippen LogP contribution in [0.1, 0.15) is 6.42 Å². The molecule has 2 aliphatic rings. The predicted molar refractivity (Wildman–Crippen MR) is 60.6 cm³/mol. The van der Waals surface area contributed by atoms with Crippen molar-refractivity contribution in [1.29, 1.82) is 0 Å². The maximum Gasteiger partial charge on any atom is 0.246 e. The van der Waals surface area contributed by atoms with Crippen molar-refractivity contribution in [2.75, 3.05) is 6.61 Å². The van der Waals surface area contributed by atoms with E-state index in [1.807, 2.05) is 0 Å². The van der Waals surface area contributed by atoms with E-state index < -0.39 is 37.1 Å². The number of allylic oxidation sites excluding steroid dienone is 1. The van der Waals surface area contributed by atoms with Crippen molar-refractivity contribution in [3.63, 3.8) is 0 Å². The number of rotatable bonds is 3. The molecule has 2 heterocycles. The summed E-state index contributed by atoms with van der Waals surface area (Å²) in [6.45, 7) is -0.390. The molecule has 2 aliphatic heterocycles. The van der Waals surface area contributed by atoms with E-state index in [0.29, 0.717) is 12.0 Å². The normalized spacial score (nSPS) is 35.7. The van der Waals surface area contributed by atoms with Crippen LogP contribution in [-0.2, 0) is 9.53 Å². The summed E-state index contributed by atoms with van der Waals surface area (Å²) < 4.78 is 5.33. The van der Waals surface area contributed by atoms with Crippen molar-refractivity contribution < 1.29 is 24.9 Å². The van der Waals surface area contributed by atoms with Crippen LogP contribution in [0.15, 0.2) is 24.0 Å². The van der Waals surface area contributed by atoms with Gasteiger partial charge in [-0.1, -0.05) is 6.08 Å². The molecule has 7 nitrogen and oxygen atoms in total. The zero-order chi connectivity index (χ0) is 13.3. The molecule has 18 heavy (non-hydrogen) atoms. The molecule has 0 spiro atoms. The monoisotopic (exact) mass is 256 g/mol. The molecule has 5 N–H and O–H groups in total. The second kappa shape index (κ2) is 5.07. The highest BCUT2D eigenvalue weighted by Crippen LogP contribution is 2.26. The van der Waals surface area contributed by atoms with Crippen LogP contribution in [0.2, 0.25) is 0 Å². The molecule has 0 bridgehead atoms. The van der Waals surface area contributed by atoms with Gasteiger partial charge in [0.15, 0.2) is 6.23 Å². The van der Waals surface area contributed by atoms with Crippen molar-refractivity contribution in [3.05, 3.63) is 24.0 Å². The Balaban J connectivity index is 2.15. The lowest BCUT2D eigenvalue weighted by Crippen LogP contribution is -2.40. The maximum atomic E-state index is 11.1. The lowest BCUT2D eigenvalue weighted by molar-refractivity contribution is -0.114. The lowest BCUT2D eigenvalue weighted by atomic mass is 10.1. The van der Waals surface area contributed by atoms with Gasteiger partial charge in [0.05, 0.1) is 6.61 Å². The molecule has 0 aliphatic carbocycles. The molecular weight excluding hydrogens is 240 g/mol. The Bertz CT molecular complexity index is 395. The fraction of sp³-hybridized carbons (Fsp3) is 0.545. The molecule has 4 atom stereocenters. The molecule has 1 saturated heterocycles. The summed E-state index contributed by atoms with van der Waals surface area (Å²) in [7, 11) is 0. The van der Waals surface area contributed by atoms with Gasteiger partial charge < -0.3 is 30.7 Å². The first kappa shape index (κ1) is 13.0. The topological polar surface area (TPSA) is 116 Å². The third-order valence-electron chi connectivity index (χ3n) is 3.05. The molecule has 7 heteroatoms. The van der Waals surface area contributed by atoms with E-state index in [1.165, 1.54) is 11.1 Å². The third kappa shape index (κ3) is 2.25. The zero-order valence-electron chi connectivity index (χ0n) is 9.64. The Kier molecular flexibility index (Phi) is 3.67. The third-order valence-corrected chi connectivity index (χ3v) is 3.05. The average Bonchev–Trinajstić information content (AvgIpc) is 2.66. The summed E-state index contributed by atoms with van der Waals surface area (Å²) in [6.07, 6.45) is 1.20. The molecule has 2 rings (SSSR count). The fourth-order valence-electron chi connectivity index (χ4n) is 2.03. The lowest BCUT2D eigenvalue weighted by Gasteiger charge is -2.28. The highest BCUT2D eigenvalue weighted by molar-refractivity contribution is 5.92. The number of carbonyl (C=O) groups is 1. The van der Waals surface area contributed by atoms with Gasteiger partial charge in [-0.3, -0.25) is 4.79 Å². The van der Waals surface area contributed by atoms with Crippen LogP contribution in [0.4, 0.5) is 0 Å². The average molecular weight is 256 g/mol. The summed E-state index contributed by atoms with van der Waals surface area (Å²) in [5.74, 6) is -0.545. The van der Waals surface area contributed by atoms with E-state index >= 15 is 0 Å². The minimum atomic E-state index is -1.17. The number of aliphatic hydroxyl groups is 3. The summed E-state index contributed by atoms with van der Waals surface area (Å²) in [5.41, 5.74) is 5.57. The van der Waals surface area contributed by atoms with Crippen molar-refractivity contribution in [3.8, 4) is 0 Å². The van der Waals surface area contributed by atoms with E-state index in [4.69, 9.17) is 15.6 Å². The Hall–Kier alpha value is -1.41. The molecule has 1 fully saturated rings. The number of primary amides is 1. The van der Waals surface area contributed by atoms with Crippen LogP contribution in [0.5, 0.6) is 0 Å². The van der Waals surface area contributed by atoms with Gasteiger partial charge in [0, 0.05) is 18.0 Å². The molecule has 4 unspecified atom stereocenters. The molecule has 0 aromatic rings. The van der Waals surface area contributed by atoms with Crippen LogP contribution in [0.3, 0.4) is 0 Å². The number of nitrogens with zero attached hydrogens (tertiary/aromatic N) is 1. The van der Waals surface area contributed by atoms with Crippen LogP contribution in [0.25, 0.3) is 0 Å². The van der Waals surface area contributed by atoms with Crippen LogP contribution < -0.4 is 5.73 Å². The quantitative estimate of drug-likeness (QED) is 0.465. The predicted octanol–water partition coefficient (Wildman–Crippen LogP) is -1.99. The molecule has 0 aromatic carbocycles. The summed E-state index contributed by atoms with van der Waals surface area (Å²) >= 11 is 0. The van der Waals surface area contributed by atoms with Gasteiger partial charge in [-0.2, -0.15) is 0 Å². The number of hydrogen-bond acceptors (Lipinski definition) is 6. The van der Waals surface area contributed by atoms with Crippen LogP contribution in [-0.4, -0.2) is 57.3 Å². The standard InChI is InChI=1S/C11H16N2O5/c12-10(17)6-2-1-3-13(4-6)11-9(16)8(15)7(5-14)18-11/h1,3-4,7-9,11,14-16H,2,5H2,(H2,12,17). The van der Waals surface area contributed by atoms with Crippen LogP contribution >= 0.6 is 0 Å². The molecule has 0 saturated carbocycles. The summed E-state index contributed by atoms with van der Waals surface area (Å²) in [5, 5.41) is 28.5. The van der Waals surface area contributed by atoms with Crippen molar-refractivity contribution >= 4 is 5.91 Å². The SMILES string of the molecule is NC(=O)C1=CN(C2OC(CO)C(O)C2O)C=CC1. The molecule has 100 valence electrons. The number of nitrogens with two attached hydrogens (primary N) is 1. The molecule has 1 amide bonds. The van der Waals surface area contributed by atoms with E-state index in [-0.39, 0.29) is 0 Å². The van der Waals surface area contributed by atoms with Crippen molar-refractivity contribution in [2.24, 2.45) is 5.73 Å². The minimum absolute atomic E-state index is 0.384. The number of aliphatic hydroxyl groups excluding tert-OH is 3. The van der Waals surface area contributed by atoms with Crippen LogP contribution in [0, 0.1) is 0 Å². The first-order chi connectivity index (χ1) is 8.54. The first-order valence-electron chi connectivity index (χ1n) is 5.61. The second-order valence-corrected chi connectivity index (χ2v) is 4.28. The smallest absolute Gasteiger partial charge is 0.246 e. The Morgan fingerprint density at radius 2 is 2.22 bits per heavy atom. The highest BCUT2D eigenvalue weighted by atomic mass is 16.6. The zero-order valence-corrected chi connectivity index (χ0v) is 9.64. The highest BCUT2D eigenvalue weighted by Gasteiger charge is 2.44. The molecule has 0 aromatic heterocycles. The number of ether oxygens (including phenoxy) is 1. The first-order valence-corrected chi connectivity index (χ1v) is 5.61. The van der Waals surface area contributed by atoms with Gasteiger partial charge >= 0.3 is 0 Å². The van der Waals surface area contributed by atoms with E-state index in [2.05, 4.69) is 0 Å². The van der Waals surface area contributed by atoms with E-state index in [9.17, 15) is 15.0 Å². The van der Waals surface area contributed by atoms with Gasteiger partial charge in [-0.15, -0.1) is 0 Å². The van der Waals surface area contributed by atoms with E-state index in [1.54, 1.807) is 12.3 Å². The van der Waals surface area contributed by atoms with Gasteiger partial charge in [0.2, 0.25) is 5.91 Å². The van der Waals surface area contributed by atoms with Gasteiger partial charge in [-0.05, 0) is 6.42 Å². The van der Waals surface area contributed by atoms with E-state index in [0.717, 1.165) is 0 Å². The maximum absolute atomic E-state index is 11.1. The minimum Gasteiger partial charge on any atom is -0.394 e. The summed E-state index contributed by atoms with van der Waals surface area (Å²) in [6, 6.07) is 0. The van der Waals surface area contributed by atoms with Gasteiger partial charge in [0.1, 0.15) is 18.3 Å². The molecular formula is C11H16N2O5. The largest absolute Gasteiger partial charge is 0.394 e. The fourth-order valence-corrected chi connectivity index (χ4v) is 2.03. The Morgan fingerprint density at radius 3 is 2.78 bits per heavy atom. The van der Waals surface area contributed by atoms with Gasteiger partial charge in [0.25, 0.3) is 0 Å². The second-order valence-electron chi connectivity index (χ2n) is 4.28.